The molecule has 1 aromatic carbocycles. The lowest BCUT2D eigenvalue weighted by molar-refractivity contribution is -0.137. The van der Waals surface area contributed by atoms with Crippen LogP contribution in [0.2, 0.25) is 0 Å². The van der Waals surface area contributed by atoms with E-state index < -0.39 is 53.6 Å². The van der Waals surface area contributed by atoms with E-state index in [1.165, 1.54) is 21.9 Å². The molecule has 5 rings (SSSR count). The first-order valence-electron chi connectivity index (χ1n) is 13.7. The number of nitriles is 1. The predicted molar refractivity (Wildman–Crippen MR) is 137 cm³/mol. The zero-order chi connectivity index (χ0) is 28.6. The van der Waals surface area contributed by atoms with Crippen LogP contribution in [0.3, 0.4) is 0 Å². The number of hydrogen-bond acceptors (Lipinski definition) is 5. The molecule has 0 aromatic heterocycles. The van der Waals surface area contributed by atoms with Crippen LogP contribution in [-0.4, -0.2) is 67.1 Å². The molecule has 3 unspecified atom stereocenters. The lowest BCUT2D eigenvalue weighted by atomic mass is 9.76. The van der Waals surface area contributed by atoms with Crippen molar-refractivity contribution in [2.75, 3.05) is 31.1 Å². The number of likely N-dealkylation sites (tertiary alicyclic amines) is 1. The molecule has 3 amide bonds. The van der Waals surface area contributed by atoms with Gasteiger partial charge < -0.3 is 20.4 Å². The Morgan fingerprint density at radius 1 is 1.05 bits per heavy atom. The van der Waals surface area contributed by atoms with E-state index >= 15 is 0 Å². The molecule has 4 atom stereocenters. The van der Waals surface area contributed by atoms with Crippen LogP contribution in [0.25, 0.3) is 0 Å². The topological polar surface area (TPSA) is 106 Å². The third kappa shape index (κ3) is 5.51. The van der Waals surface area contributed by atoms with Crippen LogP contribution in [0.5, 0.6) is 0 Å². The summed E-state index contributed by atoms with van der Waals surface area (Å²) in [6, 6.07) is 2.39. The molecule has 0 bridgehead atoms. The van der Waals surface area contributed by atoms with Gasteiger partial charge in [0.05, 0.1) is 34.5 Å². The van der Waals surface area contributed by atoms with Crippen molar-refractivity contribution < 1.29 is 31.9 Å². The molecule has 4 aliphatic rings. The Hall–Kier alpha value is -3.62. The Morgan fingerprint density at radius 3 is 2.50 bits per heavy atom. The summed E-state index contributed by atoms with van der Waals surface area (Å²) in [5.41, 5.74) is -1.60. The van der Waals surface area contributed by atoms with Gasteiger partial charge in [-0.15, -0.1) is 0 Å². The maximum atomic E-state index is 14.5. The van der Waals surface area contributed by atoms with E-state index in [2.05, 4.69) is 10.6 Å². The highest BCUT2D eigenvalue weighted by Gasteiger charge is 2.43. The van der Waals surface area contributed by atoms with Gasteiger partial charge in [0.15, 0.2) is 0 Å². The fourth-order valence-corrected chi connectivity index (χ4v) is 6.41. The molecule has 40 heavy (non-hydrogen) atoms. The molecule has 12 heteroatoms. The van der Waals surface area contributed by atoms with Crippen LogP contribution in [0.4, 0.5) is 23.2 Å². The van der Waals surface area contributed by atoms with Gasteiger partial charge in [-0.1, -0.05) is 0 Å². The third-order valence-electron chi connectivity index (χ3n) is 8.33. The maximum absolute atomic E-state index is 14.5. The second-order valence-corrected chi connectivity index (χ2v) is 11.0. The SMILES string of the molecule is N#Cc1cc(C(=O)N2CCCCC2)c(N2CC[C@@H](NC(=O)C3=CC(=O)NC4C(F)CCCC34)C2)c(C(F)(F)F)c1. The molecule has 3 aliphatic heterocycles. The summed E-state index contributed by atoms with van der Waals surface area (Å²) in [6.45, 7) is 0.998. The molecule has 8 nitrogen and oxygen atoms in total. The van der Waals surface area contributed by atoms with Crippen LogP contribution in [0, 0.1) is 17.2 Å². The Bertz CT molecular complexity index is 1270. The minimum absolute atomic E-state index is 0.000306. The number of nitrogens with one attached hydrogen (secondary N) is 2. The molecule has 0 radical (unpaired) electrons. The number of alkyl halides is 4. The molecule has 2 saturated heterocycles. The molecule has 214 valence electrons. The van der Waals surface area contributed by atoms with E-state index in [0.717, 1.165) is 25.3 Å². The number of anilines is 1. The van der Waals surface area contributed by atoms with E-state index in [0.29, 0.717) is 38.8 Å². The van der Waals surface area contributed by atoms with Crippen LogP contribution in [0.1, 0.15) is 66.4 Å². The van der Waals surface area contributed by atoms with Crippen molar-refractivity contribution in [1.82, 2.24) is 15.5 Å². The third-order valence-corrected chi connectivity index (χ3v) is 8.33. The van der Waals surface area contributed by atoms with E-state index in [1.807, 2.05) is 0 Å². The number of rotatable bonds is 4. The first-order chi connectivity index (χ1) is 19.1. The fourth-order valence-electron chi connectivity index (χ4n) is 6.41. The number of fused-ring (bicyclic) bond motifs is 1. The minimum atomic E-state index is -4.82. The molecular weight excluding hydrogens is 530 g/mol. The summed E-state index contributed by atoms with van der Waals surface area (Å²) in [7, 11) is 0. The van der Waals surface area contributed by atoms with Crippen molar-refractivity contribution in [3.63, 3.8) is 0 Å². The Labute approximate surface area is 229 Å². The zero-order valence-electron chi connectivity index (χ0n) is 21.9. The summed E-state index contributed by atoms with van der Waals surface area (Å²) >= 11 is 0. The van der Waals surface area contributed by atoms with Gasteiger partial charge in [0.1, 0.15) is 6.17 Å². The highest BCUT2D eigenvalue weighted by Crippen LogP contribution is 2.42. The number of hydrogen-bond donors (Lipinski definition) is 2. The summed E-state index contributed by atoms with van der Waals surface area (Å²) in [5, 5.41) is 14.9. The highest BCUT2D eigenvalue weighted by atomic mass is 19.4. The fraction of sp³-hybridized carbons (Fsp3) is 0.571. The van der Waals surface area contributed by atoms with Crippen molar-refractivity contribution in [3.05, 3.63) is 40.5 Å². The lowest BCUT2D eigenvalue weighted by Crippen LogP contribution is -2.54. The second kappa shape index (κ2) is 11.1. The maximum Gasteiger partial charge on any atom is 0.418 e. The number of piperidine rings is 1. The van der Waals surface area contributed by atoms with Crippen LogP contribution >= 0.6 is 0 Å². The highest BCUT2D eigenvalue weighted by molar-refractivity contribution is 6.03. The van der Waals surface area contributed by atoms with Gasteiger partial charge in [-0.3, -0.25) is 14.4 Å². The number of benzene rings is 1. The van der Waals surface area contributed by atoms with Gasteiger partial charge in [0, 0.05) is 49.8 Å². The van der Waals surface area contributed by atoms with Crippen molar-refractivity contribution >= 4 is 23.4 Å². The Morgan fingerprint density at radius 2 is 1.80 bits per heavy atom. The van der Waals surface area contributed by atoms with Crippen molar-refractivity contribution in [3.8, 4) is 6.07 Å². The van der Waals surface area contributed by atoms with Crippen LogP contribution < -0.4 is 15.5 Å². The molecule has 1 saturated carbocycles. The molecule has 3 fully saturated rings. The summed E-state index contributed by atoms with van der Waals surface area (Å²) in [4.78, 5) is 41.8. The average molecular weight is 562 g/mol. The van der Waals surface area contributed by atoms with Gasteiger partial charge in [-0.05, 0) is 57.1 Å². The quantitative estimate of drug-likeness (QED) is 0.548. The zero-order valence-corrected chi connectivity index (χ0v) is 21.9. The molecule has 3 heterocycles. The average Bonchev–Trinajstić information content (AvgIpc) is 3.40. The lowest BCUT2D eigenvalue weighted by Gasteiger charge is -2.38. The number of halogens is 4. The number of carbonyl (C=O) groups is 3. The smallest absolute Gasteiger partial charge is 0.368 e. The van der Waals surface area contributed by atoms with Crippen LogP contribution in [0.15, 0.2) is 23.8 Å². The van der Waals surface area contributed by atoms with Crippen molar-refractivity contribution in [1.29, 1.82) is 5.26 Å². The minimum Gasteiger partial charge on any atom is -0.368 e. The van der Waals surface area contributed by atoms with Crippen molar-refractivity contribution in [2.45, 2.75) is 69.4 Å². The molecule has 1 aliphatic carbocycles. The van der Waals surface area contributed by atoms with E-state index in [1.54, 1.807) is 6.07 Å². The monoisotopic (exact) mass is 561 g/mol. The van der Waals surface area contributed by atoms with Crippen LogP contribution in [-0.2, 0) is 15.8 Å². The molecule has 1 aromatic rings. The van der Waals surface area contributed by atoms with Gasteiger partial charge in [-0.2, -0.15) is 18.4 Å². The van der Waals surface area contributed by atoms with Gasteiger partial charge >= 0.3 is 6.18 Å². The summed E-state index contributed by atoms with van der Waals surface area (Å²) in [6.07, 6.45) is -0.729. The van der Waals surface area contributed by atoms with E-state index in [-0.39, 0.29) is 35.5 Å². The normalized spacial score (nSPS) is 26.9. The number of nitrogens with zero attached hydrogens (tertiary/aromatic N) is 3. The van der Waals surface area contributed by atoms with Crippen molar-refractivity contribution in [2.24, 2.45) is 5.92 Å². The second-order valence-electron chi connectivity index (χ2n) is 11.0. The summed E-state index contributed by atoms with van der Waals surface area (Å²) < 4.78 is 57.3. The Kier molecular flexibility index (Phi) is 7.75. The van der Waals surface area contributed by atoms with E-state index in [9.17, 15) is 37.2 Å². The van der Waals surface area contributed by atoms with Gasteiger partial charge in [-0.25, -0.2) is 4.39 Å². The first-order valence-corrected chi connectivity index (χ1v) is 13.7. The summed E-state index contributed by atoms with van der Waals surface area (Å²) in [5.74, 6) is -2.10. The number of amides is 3. The largest absolute Gasteiger partial charge is 0.418 e. The molecule has 2 N–H and O–H groups in total. The predicted octanol–water partition coefficient (Wildman–Crippen LogP) is 3.46. The standard InChI is InChI=1S/C28H31F4N5O3/c29-22-6-4-5-18-19(13-23(38)35-24(18)22)26(39)34-17-7-10-37(15-17)25-20(27(40)36-8-2-1-3-9-36)11-16(14-33)12-21(25)28(30,31)32/h11-13,17-18,22,24H,1-10,15H2,(H,34,39)(H,35,38)/t17-,18?,22?,24?/m1/s1. The first kappa shape index (κ1) is 27.9. The molecular formula is C28H31F4N5O3. The Balaban J connectivity index is 1.40. The number of carbonyl (C=O) groups excluding carboxylic acids is 3. The van der Waals surface area contributed by atoms with Gasteiger partial charge in [0.2, 0.25) is 11.8 Å². The molecule has 0 spiro atoms. The van der Waals surface area contributed by atoms with Gasteiger partial charge in [0.25, 0.3) is 5.91 Å². The van der Waals surface area contributed by atoms with E-state index in [4.69, 9.17) is 0 Å².